The summed E-state index contributed by atoms with van der Waals surface area (Å²) in [6.45, 7) is 0.296. The number of rotatable bonds is 6. The number of carbonyl (C=O) groups is 3. The maximum Gasteiger partial charge on any atom is 0.331 e. The summed E-state index contributed by atoms with van der Waals surface area (Å²) in [4.78, 5) is 31.1. The van der Waals surface area contributed by atoms with Crippen molar-refractivity contribution < 1.29 is 23.9 Å². The first-order valence-electron chi connectivity index (χ1n) is 3.80. The molecule has 0 radical (unpaired) electrons. The van der Waals surface area contributed by atoms with E-state index in [1.807, 2.05) is 0 Å². The molecule has 0 saturated heterocycles. The van der Waals surface area contributed by atoms with Crippen molar-refractivity contribution in [3.8, 4) is 0 Å². The maximum atomic E-state index is 10.8. The Balaban J connectivity index is 3.59. The number of ether oxygens (including phenoxy) is 2. The summed E-state index contributed by atoms with van der Waals surface area (Å²) < 4.78 is 8.84. The van der Waals surface area contributed by atoms with Gasteiger partial charge >= 0.3 is 11.9 Å². The van der Waals surface area contributed by atoms with Crippen LogP contribution in [-0.4, -0.2) is 38.6 Å². The van der Waals surface area contributed by atoms with Gasteiger partial charge in [0.15, 0.2) is 0 Å². The fraction of sp³-hybridized carbons (Fsp3) is 0.375. The molecular formula is C8H11NO5. The first-order chi connectivity index (χ1) is 6.70. The van der Waals surface area contributed by atoms with Crippen LogP contribution in [0.1, 0.15) is 0 Å². The predicted octanol–water partition coefficient (Wildman–Crippen LogP) is -0.995. The molecule has 78 valence electrons. The van der Waals surface area contributed by atoms with Gasteiger partial charge in [0, 0.05) is 12.2 Å². The van der Waals surface area contributed by atoms with Gasteiger partial charge in [0.05, 0.1) is 13.7 Å². The Morgan fingerprint density at radius 2 is 1.93 bits per heavy atom. The fourth-order valence-corrected chi connectivity index (χ4v) is 0.522. The van der Waals surface area contributed by atoms with Gasteiger partial charge in [0.2, 0.25) is 6.41 Å². The van der Waals surface area contributed by atoms with Gasteiger partial charge in [0.25, 0.3) is 0 Å². The Morgan fingerprint density at radius 3 is 2.50 bits per heavy atom. The van der Waals surface area contributed by atoms with E-state index in [1.165, 1.54) is 7.11 Å². The molecule has 0 atom stereocenters. The molecule has 0 aliphatic rings. The highest BCUT2D eigenvalue weighted by molar-refractivity contribution is 5.91. The summed E-state index contributed by atoms with van der Waals surface area (Å²) in [5.41, 5.74) is 0. The zero-order chi connectivity index (χ0) is 10.8. The maximum absolute atomic E-state index is 10.8. The molecule has 0 rings (SSSR count). The highest BCUT2D eigenvalue weighted by Gasteiger charge is 1.98. The van der Waals surface area contributed by atoms with Crippen LogP contribution in [0.5, 0.6) is 0 Å². The summed E-state index contributed by atoms with van der Waals surface area (Å²) in [6.07, 6.45) is 2.40. The van der Waals surface area contributed by atoms with Crippen LogP contribution in [0.25, 0.3) is 0 Å². The molecule has 14 heavy (non-hydrogen) atoms. The second-order valence-corrected chi connectivity index (χ2v) is 2.10. The Bertz CT molecular complexity index is 236. The monoisotopic (exact) mass is 201 g/mol. The van der Waals surface area contributed by atoms with Crippen LogP contribution in [0, 0.1) is 0 Å². The Morgan fingerprint density at radius 1 is 1.29 bits per heavy atom. The fourth-order valence-electron chi connectivity index (χ4n) is 0.522. The number of amides is 1. The van der Waals surface area contributed by atoms with Crippen LogP contribution in [0.3, 0.4) is 0 Å². The smallest absolute Gasteiger partial charge is 0.331 e. The van der Waals surface area contributed by atoms with Gasteiger partial charge in [-0.1, -0.05) is 0 Å². The van der Waals surface area contributed by atoms with E-state index < -0.39 is 11.9 Å². The zero-order valence-corrected chi connectivity index (χ0v) is 7.69. The highest BCUT2D eigenvalue weighted by Crippen LogP contribution is 1.83. The largest absolute Gasteiger partial charge is 0.466 e. The predicted molar refractivity (Wildman–Crippen MR) is 46.2 cm³/mol. The molecule has 6 heteroatoms. The average molecular weight is 201 g/mol. The van der Waals surface area contributed by atoms with E-state index in [0.717, 1.165) is 12.2 Å². The lowest BCUT2D eigenvalue weighted by Crippen LogP contribution is -2.19. The van der Waals surface area contributed by atoms with Crippen molar-refractivity contribution in [1.82, 2.24) is 5.32 Å². The number of methoxy groups -OCH3 is 1. The van der Waals surface area contributed by atoms with Crippen molar-refractivity contribution in [3.63, 3.8) is 0 Å². The molecule has 0 aromatic heterocycles. The van der Waals surface area contributed by atoms with Crippen LogP contribution < -0.4 is 5.32 Å². The lowest BCUT2D eigenvalue weighted by atomic mass is 10.5. The third kappa shape index (κ3) is 6.84. The van der Waals surface area contributed by atoms with Crippen LogP contribution in [-0.2, 0) is 23.9 Å². The number of hydrogen-bond acceptors (Lipinski definition) is 5. The minimum atomic E-state index is -0.664. The number of nitrogens with one attached hydrogen (secondary N) is 1. The second kappa shape index (κ2) is 7.78. The summed E-state index contributed by atoms with van der Waals surface area (Å²) in [5.74, 6) is -1.30. The lowest BCUT2D eigenvalue weighted by molar-refractivity contribution is -0.139. The van der Waals surface area contributed by atoms with Crippen molar-refractivity contribution in [2.45, 2.75) is 0 Å². The molecule has 0 aromatic carbocycles. The van der Waals surface area contributed by atoms with Crippen LogP contribution in [0.2, 0.25) is 0 Å². The topological polar surface area (TPSA) is 81.7 Å². The second-order valence-electron chi connectivity index (χ2n) is 2.10. The number of carbonyl (C=O) groups excluding carboxylic acids is 3. The van der Waals surface area contributed by atoms with Gasteiger partial charge in [-0.2, -0.15) is 0 Å². The summed E-state index contributed by atoms with van der Waals surface area (Å²) in [6, 6.07) is 0. The van der Waals surface area contributed by atoms with Gasteiger partial charge in [-0.3, -0.25) is 4.79 Å². The quantitative estimate of drug-likeness (QED) is 0.258. The highest BCUT2D eigenvalue weighted by atomic mass is 16.5. The SMILES string of the molecule is COC(=O)C=CC(=O)OCCNC=O. The summed E-state index contributed by atoms with van der Waals surface area (Å²) >= 11 is 0. The van der Waals surface area contributed by atoms with Gasteiger partial charge in [-0.05, 0) is 0 Å². The summed E-state index contributed by atoms with van der Waals surface area (Å²) in [5, 5.41) is 2.31. The van der Waals surface area contributed by atoms with Crippen LogP contribution in [0.4, 0.5) is 0 Å². The molecule has 0 heterocycles. The average Bonchev–Trinajstić information content (AvgIpc) is 2.21. The minimum Gasteiger partial charge on any atom is -0.466 e. The summed E-state index contributed by atoms with van der Waals surface area (Å²) in [7, 11) is 1.20. The molecular weight excluding hydrogens is 190 g/mol. The molecule has 0 aliphatic heterocycles. The van der Waals surface area contributed by atoms with Gasteiger partial charge in [-0.15, -0.1) is 0 Å². The minimum absolute atomic E-state index is 0.0586. The van der Waals surface area contributed by atoms with Crippen LogP contribution in [0.15, 0.2) is 12.2 Å². The van der Waals surface area contributed by atoms with Gasteiger partial charge < -0.3 is 14.8 Å². The molecule has 0 fully saturated rings. The molecule has 1 N–H and O–H groups in total. The Hall–Kier alpha value is -1.85. The van der Waals surface area contributed by atoms with E-state index in [2.05, 4.69) is 14.8 Å². The van der Waals surface area contributed by atoms with Gasteiger partial charge in [0.1, 0.15) is 6.61 Å². The third-order valence-corrected chi connectivity index (χ3v) is 1.13. The van der Waals surface area contributed by atoms with Crippen molar-refractivity contribution in [2.75, 3.05) is 20.3 Å². The molecule has 0 unspecified atom stereocenters. The number of esters is 2. The standard InChI is InChI=1S/C8H11NO5/c1-13-7(11)2-3-8(12)14-5-4-9-6-10/h2-3,6H,4-5H2,1H3,(H,9,10). The normalized spacial score (nSPS) is 9.50. The third-order valence-electron chi connectivity index (χ3n) is 1.13. The van der Waals surface area contributed by atoms with E-state index in [9.17, 15) is 14.4 Å². The lowest BCUT2D eigenvalue weighted by Gasteiger charge is -1.99. The molecule has 0 aliphatic carbocycles. The Kier molecular flexibility index (Phi) is 6.75. The zero-order valence-electron chi connectivity index (χ0n) is 7.69. The number of hydrogen-bond donors (Lipinski definition) is 1. The van der Waals surface area contributed by atoms with E-state index in [-0.39, 0.29) is 13.2 Å². The van der Waals surface area contributed by atoms with Crippen molar-refractivity contribution in [3.05, 3.63) is 12.2 Å². The first-order valence-corrected chi connectivity index (χ1v) is 3.80. The molecule has 0 bridgehead atoms. The van der Waals surface area contributed by atoms with E-state index >= 15 is 0 Å². The molecule has 0 saturated carbocycles. The molecule has 1 amide bonds. The van der Waals surface area contributed by atoms with Crippen molar-refractivity contribution >= 4 is 18.3 Å². The van der Waals surface area contributed by atoms with Crippen molar-refractivity contribution in [2.24, 2.45) is 0 Å². The molecule has 6 nitrogen and oxygen atoms in total. The van der Waals surface area contributed by atoms with E-state index in [4.69, 9.17) is 0 Å². The Labute approximate surface area is 80.9 Å². The van der Waals surface area contributed by atoms with Crippen LogP contribution >= 0.6 is 0 Å². The van der Waals surface area contributed by atoms with Gasteiger partial charge in [-0.25, -0.2) is 9.59 Å². The van der Waals surface area contributed by atoms with E-state index in [0.29, 0.717) is 6.41 Å². The molecule has 0 aromatic rings. The van der Waals surface area contributed by atoms with E-state index in [1.54, 1.807) is 0 Å². The first kappa shape index (κ1) is 12.2. The molecule has 0 spiro atoms. The van der Waals surface area contributed by atoms with Crippen molar-refractivity contribution in [1.29, 1.82) is 0 Å².